The molecule has 3 aliphatic rings. The Bertz CT molecular complexity index is 3140. The molecule has 2 bridgehead atoms. The zero-order chi connectivity index (χ0) is 41.7. The fourth-order valence-electron chi connectivity index (χ4n) is 10.6. The molecule has 13 rings (SSSR count). The summed E-state index contributed by atoms with van der Waals surface area (Å²) in [6, 6.07) is 71.8. The number of hydrogen-bond donors (Lipinski definition) is 0. The molecule has 3 fully saturated rings. The smallest absolute Gasteiger partial charge is 0.164 e. The number of hydrogen-bond acceptors (Lipinski definition) is 3. The van der Waals surface area contributed by atoms with Crippen LogP contribution in [-0.2, 0) is 0 Å². The number of fused-ring (bicyclic) bond motifs is 6. The van der Waals surface area contributed by atoms with E-state index in [9.17, 15) is 0 Å². The molecular formula is C59H46N4. The molecular weight excluding hydrogens is 765 g/mol. The van der Waals surface area contributed by atoms with E-state index in [-0.39, 0.29) is 0 Å². The van der Waals surface area contributed by atoms with Crippen molar-refractivity contribution in [2.75, 3.05) is 0 Å². The molecule has 3 saturated carbocycles. The molecule has 4 heteroatoms. The third-order valence-electron chi connectivity index (χ3n) is 13.9. The zero-order valence-corrected chi connectivity index (χ0v) is 35.1. The first-order valence-corrected chi connectivity index (χ1v) is 22.5. The van der Waals surface area contributed by atoms with Gasteiger partial charge in [-0.15, -0.1) is 0 Å². The minimum Gasteiger partial charge on any atom is -0.309 e. The van der Waals surface area contributed by atoms with E-state index in [1.807, 2.05) is 12.1 Å². The molecule has 4 nitrogen and oxygen atoms in total. The monoisotopic (exact) mass is 810 g/mol. The summed E-state index contributed by atoms with van der Waals surface area (Å²) in [6.45, 7) is 0. The van der Waals surface area contributed by atoms with Crippen LogP contribution in [0.3, 0.4) is 0 Å². The van der Waals surface area contributed by atoms with Gasteiger partial charge >= 0.3 is 0 Å². The van der Waals surface area contributed by atoms with Gasteiger partial charge in [0, 0.05) is 33.0 Å². The summed E-state index contributed by atoms with van der Waals surface area (Å²) in [6.07, 6.45) is 6.90. The Hall–Kier alpha value is -7.43. The van der Waals surface area contributed by atoms with Crippen molar-refractivity contribution in [3.8, 4) is 73.2 Å². The summed E-state index contributed by atoms with van der Waals surface area (Å²) in [4.78, 5) is 15.7. The molecule has 0 aliphatic heterocycles. The van der Waals surface area contributed by atoms with Gasteiger partial charge in [-0.3, -0.25) is 0 Å². The molecule has 0 spiro atoms. The van der Waals surface area contributed by atoms with Crippen LogP contribution in [0.2, 0.25) is 0 Å². The molecule has 63 heavy (non-hydrogen) atoms. The summed E-state index contributed by atoms with van der Waals surface area (Å²) < 4.78 is 2.47. The second-order valence-corrected chi connectivity index (χ2v) is 17.5. The van der Waals surface area contributed by atoms with Crippen molar-refractivity contribution in [1.29, 1.82) is 0 Å². The molecule has 0 N–H and O–H groups in total. The van der Waals surface area contributed by atoms with Crippen LogP contribution in [0, 0.1) is 11.8 Å². The predicted octanol–water partition coefficient (Wildman–Crippen LogP) is 15.3. The van der Waals surface area contributed by atoms with Crippen molar-refractivity contribution in [3.05, 3.63) is 206 Å². The van der Waals surface area contributed by atoms with Crippen molar-refractivity contribution < 1.29 is 0 Å². The molecule has 1 atom stereocenters. The predicted molar refractivity (Wildman–Crippen MR) is 260 cm³/mol. The molecule has 3 aliphatic carbocycles. The molecule has 2 aromatic heterocycles. The highest BCUT2D eigenvalue weighted by Gasteiger charge is 2.36. The zero-order valence-electron chi connectivity index (χ0n) is 35.1. The molecule has 8 aromatic carbocycles. The van der Waals surface area contributed by atoms with E-state index >= 15 is 0 Å². The van der Waals surface area contributed by atoms with E-state index < -0.39 is 0 Å². The second-order valence-electron chi connectivity index (χ2n) is 17.5. The third kappa shape index (κ3) is 6.93. The van der Waals surface area contributed by atoms with Crippen LogP contribution in [0.5, 0.6) is 0 Å². The fourth-order valence-corrected chi connectivity index (χ4v) is 10.6. The van der Waals surface area contributed by atoms with Crippen molar-refractivity contribution in [2.24, 2.45) is 11.8 Å². The fraction of sp³-hybridized carbons (Fsp3) is 0.136. The van der Waals surface area contributed by atoms with Crippen molar-refractivity contribution in [3.63, 3.8) is 0 Å². The van der Waals surface area contributed by atoms with Crippen LogP contribution in [0.25, 0.3) is 95.0 Å². The number of aromatic nitrogens is 4. The highest BCUT2D eigenvalue weighted by atomic mass is 15.0. The Morgan fingerprint density at radius 1 is 0.365 bits per heavy atom. The van der Waals surface area contributed by atoms with Crippen molar-refractivity contribution >= 4 is 21.8 Å². The Morgan fingerprint density at radius 3 is 1.41 bits per heavy atom. The summed E-state index contributed by atoms with van der Waals surface area (Å²) in [7, 11) is 0. The lowest BCUT2D eigenvalue weighted by Gasteiger charge is -2.42. The van der Waals surface area contributed by atoms with Crippen LogP contribution in [-0.4, -0.2) is 19.5 Å². The first kappa shape index (κ1) is 37.3. The summed E-state index contributed by atoms with van der Waals surface area (Å²) in [5.74, 6) is 4.24. The molecule has 0 amide bonds. The van der Waals surface area contributed by atoms with Gasteiger partial charge in [-0.25, -0.2) is 15.0 Å². The Morgan fingerprint density at radius 2 is 0.841 bits per heavy atom. The van der Waals surface area contributed by atoms with E-state index in [1.54, 1.807) is 0 Å². The average molecular weight is 811 g/mol. The van der Waals surface area contributed by atoms with Crippen molar-refractivity contribution in [1.82, 2.24) is 19.5 Å². The number of nitrogens with zero attached hydrogens (tertiary/aromatic N) is 4. The maximum Gasteiger partial charge on any atom is 0.164 e. The minimum absolute atomic E-state index is 0.630. The summed E-state index contributed by atoms with van der Waals surface area (Å²) in [5, 5.41) is 2.60. The molecule has 302 valence electrons. The number of rotatable bonds is 8. The standard InChI is InChI=1S/C59H46N4/c1-4-12-40(13-5-1)42-24-28-46(29-25-42)57-60-58(47-30-26-43(27-31-47)41-14-6-2-7-15-41)62-59(61-57)49-32-34-50(44-16-8-3-9-17-44)56(38-49)63-54-19-11-10-18-51(54)53-37-48(33-35-55(53)63)52-36-39-20-22-45(52)23-21-39/h1-19,24-35,37-39,45,52H,20-23,36H2. The Labute approximate surface area is 368 Å². The maximum atomic E-state index is 5.27. The maximum absolute atomic E-state index is 5.27. The van der Waals surface area contributed by atoms with Gasteiger partial charge in [-0.2, -0.15) is 0 Å². The Kier molecular flexibility index (Phi) is 9.36. The first-order valence-electron chi connectivity index (χ1n) is 22.5. The minimum atomic E-state index is 0.630. The second kappa shape index (κ2) is 15.8. The molecule has 0 saturated heterocycles. The van der Waals surface area contributed by atoms with Gasteiger partial charge in [-0.05, 0) is 94.7 Å². The van der Waals surface area contributed by atoms with Gasteiger partial charge in [0.15, 0.2) is 17.5 Å². The van der Waals surface area contributed by atoms with Crippen LogP contribution >= 0.6 is 0 Å². The van der Waals surface area contributed by atoms with Gasteiger partial charge in [0.25, 0.3) is 0 Å². The van der Waals surface area contributed by atoms with Crippen LogP contribution < -0.4 is 0 Å². The molecule has 10 aromatic rings. The molecule has 0 radical (unpaired) electrons. The number of benzene rings is 8. The van der Waals surface area contributed by atoms with E-state index in [1.165, 1.54) is 70.6 Å². The number of para-hydroxylation sites is 1. The lowest BCUT2D eigenvalue weighted by Crippen LogP contribution is -2.29. The van der Waals surface area contributed by atoms with Crippen LogP contribution in [0.1, 0.15) is 43.6 Å². The van der Waals surface area contributed by atoms with Crippen LogP contribution in [0.4, 0.5) is 0 Å². The third-order valence-corrected chi connectivity index (χ3v) is 13.9. The Balaban J connectivity index is 1.03. The lowest BCUT2D eigenvalue weighted by atomic mass is 9.63. The quantitative estimate of drug-likeness (QED) is 0.154. The normalized spacial score (nSPS) is 17.0. The van der Waals surface area contributed by atoms with E-state index in [2.05, 4.69) is 193 Å². The highest BCUT2D eigenvalue weighted by molar-refractivity contribution is 6.10. The summed E-state index contributed by atoms with van der Waals surface area (Å²) >= 11 is 0. The largest absolute Gasteiger partial charge is 0.309 e. The van der Waals surface area contributed by atoms with E-state index in [4.69, 9.17) is 15.0 Å². The van der Waals surface area contributed by atoms with Crippen molar-refractivity contribution in [2.45, 2.75) is 38.0 Å². The lowest BCUT2D eigenvalue weighted by molar-refractivity contribution is 0.145. The molecule has 1 unspecified atom stereocenters. The van der Waals surface area contributed by atoms with E-state index in [0.717, 1.165) is 56.5 Å². The first-order chi connectivity index (χ1) is 31.2. The van der Waals surface area contributed by atoms with Gasteiger partial charge in [0.05, 0.1) is 16.7 Å². The molecule has 2 heterocycles. The van der Waals surface area contributed by atoms with Gasteiger partial charge in [0.1, 0.15) is 0 Å². The summed E-state index contributed by atoms with van der Waals surface area (Å²) in [5.41, 5.74) is 14.8. The van der Waals surface area contributed by atoms with Gasteiger partial charge in [-0.1, -0.05) is 189 Å². The van der Waals surface area contributed by atoms with Gasteiger partial charge < -0.3 is 4.57 Å². The topological polar surface area (TPSA) is 43.6 Å². The highest BCUT2D eigenvalue weighted by Crippen LogP contribution is 2.50. The van der Waals surface area contributed by atoms with Gasteiger partial charge in [0.2, 0.25) is 0 Å². The van der Waals surface area contributed by atoms with E-state index in [0.29, 0.717) is 23.4 Å². The average Bonchev–Trinajstić information content (AvgIpc) is 3.71. The van der Waals surface area contributed by atoms with Crippen LogP contribution in [0.15, 0.2) is 200 Å². The SMILES string of the molecule is c1ccc(-c2ccc(-c3nc(-c4ccc(-c5ccccc5)cc4)nc(-c4ccc(-c5ccccc5)c(-n5c6ccccc6c6cc(C7CC8CCC7CC8)ccc65)c4)n3)cc2)cc1.